The number of aryl methyl sites for hydroxylation is 1. The van der Waals surface area contributed by atoms with E-state index in [1.807, 2.05) is 6.92 Å². The smallest absolute Gasteiger partial charge is 0.136 e. The zero-order valence-electron chi connectivity index (χ0n) is 13.5. The molecule has 2 nitrogen and oxygen atoms in total. The highest BCUT2D eigenvalue weighted by molar-refractivity contribution is 5.82. The lowest BCUT2D eigenvalue weighted by molar-refractivity contribution is -0.125. The van der Waals surface area contributed by atoms with Crippen LogP contribution in [0, 0.1) is 18.8 Å². The predicted octanol–water partition coefficient (Wildman–Crippen LogP) is 3.79. The van der Waals surface area contributed by atoms with Crippen molar-refractivity contribution in [1.29, 1.82) is 0 Å². The van der Waals surface area contributed by atoms with Gasteiger partial charge >= 0.3 is 0 Å². The van der Waals surface area contributed by atoms with Crippen molar-refractivity contribution < 1.29 is 4.79 Å². The summed E-state index contributed by atoms with van der Waals surface area (Å²) in [6.45, 7) is 5.25. The molecule has 0 radical (unpaired) electrons. The van der Waals surface area contributed by atoms with Gasteiger partial charge in [-0.15, -0.1) is 0 Å². The van der Waals surface area contributed by atoms with Crippen molar-refractivity contribution in [2.45, 2.75) is 51.5 Å². The van der Waals surface area contributed by atoms with E-state index in [-0.39, 0.29) is 5.92 Å². The number of nitrogens with zero attached hydrogens (tertiary/aromatic N) is 1. The summed E-state index contributed by atoms with van der Waals surface area (Å²) >= 11 is 0. The molecule has 21 heavy (non-hydrogen) atoms. The highest BCUT2D eigenvalue weighted by Gasteiger charge is 2.43. The van der Waals surface area contributed by atoms with Crippen LogP contribution in [0.5, 0.6) is 0 Å². The second-order valence-electron chi connectivity index (χ2n) is 7.03. The minimum Gasteiger partial charge on any atom is -0.303 e. The van der Waals surface area contributed by atoms with Gasteiger partial charge in [0.25, 0.3) is 0 Å². The molecule has 1 aromatic rings. The first-order valence-corrected chi connectivity index (χ1v) is 8.39. The van der Waals surface area contributed by atoms with Crippen LogP contribution in [0.15, 0.2) is 24.3 Å². The number of carbonyl (C=O) groups is 1. The molecule has 1 aliphatic carbocycles. The van der Waals surface area contributed by atoms with Crippen LogP contribution >= 0.6 is 0 Å². The number of hydrogen-bond acceptors (Lipinski definition) is 2. The van der Waals surface area contributed by atoms with Crippen LogP contribution in [0.2, 0.25) is 0 Å². The molecule has 0 spiro atoms. The Morgan fingerprint density at radius 2 is 1.95 bits per heavy atom. The minimum atomic E-state index is 0.229. The van der Waals surface area contributed by atoms with Crippen molar-refractivity contribution in [3.63, 3.8) is 0 Å². The Morgan fingerprint density at radius 3 is 2.57 bits per heavy atom. The molecule has 3 aliphatic rings. The van der Waals surface area contributed by atoms with E-state index < -0.39 is 0 Å². The molecule has 2 bridgehead atoms. The molecule has 1 saturated carbocycles. The third kappa shape index (κ3) is 2.78. The number of fused-ring (bicyclic) bond motifs is 4. The van der Waals surface area contributed by atoms with Gasteiger partial charge in [-0.3, -0.25) is 4.79 Å². The zero-order valence-corrected chi connectivity index (χ0v) is 13.5. The van der Waals surface area contributed by atoms with E-state index in [0.717, 1.165) is 13.0 Å². The van der Waals surface area contributed by atoms with Gasteiger partial charge < -0.3 is 4.90 Å². The van der Waals surface area contributed by atoms with Crippen molar-refractivity contribution in [2.24, 2.45) is 11.8 Å². The van der Waals surface area contributed by atoms with Crippen LogP contribution in [0.1, 0.15) is 49.7 Å². The summed E-state index contributed by atoms with van der Waals surface area (Å²) in [5.41, 5.74) is 2.67. The Morgan fingerprint density at radius 1 is 1.24 bits per heavy atom. The Bertz CT molecular complexity index is 507. The maximum atomic E-state index is 12.6. The molecule has 2 heterocycles. The molecule has 2 heteroatoms. The highest BCUT2D eigenvalue weighted by atomic mass is 16.1. The van der Waals surface area contributed by atoms with Crippen LogP contribution in [0.4, 0.5) is 0 Å². The zero-order chi connectivity index (χ0) is 15.0. The van der Waals surface area contributed by atoms with E-state index in [4.69, 9.17) is 0 Å². The van der Waals surface area contributed by atoms with E-state index in [1.165, 1.54) is 24.0 Å². The molecular formula is C19H27NO. The van der Waals surface area contributed by atoms with Gasteiger partial charge in [-0.2, -0.15) is 0 Å². The summed E-state index contributed by atoms with van der Waals surface area (Å²) < 4.78 is 0. The average molecular weight is 285 g/mol. The number of ketones is 1. The third-order valence-corrected chi connectivity index (χ3v) is 5.71. The molecule has 4 atom stereocenters. The van der Waals surface area contributed by atoms with E-state index in [9.17, 15) is 4.79 Å². The largest absolute Gasteiger partial charge is 0.303 e. The van der Waals surface area contributed by atoms with Gasteiger partial charge in [0.05, 0.1) is 0 Å². The Hall–Kier alpha value is -1.15. The minimum absolute atomic E-state index is 0.229. The van der Waals surface area contributed by atoms with Crippen molar-refractivity contribution >= 4 is 5.78 Å². The maximum Gasteiger partial charge on any atom is 0.136 e. The lowest BCUT2D eigenvalue weighted by Gasteiger charge is -2.35. The standard InChI is InChI=1S/C19H27NO/c1-4-18(21)19-15-9-10-16(20(3)12-15)11-17(19)14-7-5-13(2)6-8-14/h5-8,15-17,19H,4,9-12H2,1-3H3/t15?,16?,17-,19+/m0/s1. The number of benzene rings is 1. The third-order valence-electron chi connectivity index (χ3n) is 5.71. The average Bonchev–Trinajstić information content (AvgIpc) is 2.75. The lowest BCUT2D eigenvalue weighted by Crippen LogP contribution is -2.40. The second-order valence-corrected chi connectivity index (χ2v) is 7.03. The first-order chi connectivity index (χ1) is 10.1. The van der Waals surface area contributed by atoms with E-state index in [2.05, 4.69) is 43.1 Å². The quantitative estimate of drug-likeness (QED) is 0.842. The van der Waals surface area contributed by atoms with E-state index in [0.29, 0.717) is 30.1 Å². The molecule has 2 unspecified atom stereocenters. The molecule has 0 N–H and O–H groups in total. The van der Waals surface area contributed by atoms with Gasteiger partial charge in [0.1, 0.15) is 5.78 Å². The fourth-order valence-electron chi connectivity index (χ4n) is 4.48. The number of Topliss-reactive ketones (excluding diaryl/α,β-unsaturated/α-hetero) is 1. The normalized spacial score (nSPS) is 32.9. The first kappa shape index (κ1) is 14.8. The number of piperidine rings is 1. The molecule has 3 fully saturated rings. The topological polar surface area (TPSA) is 20.3 Å². The summed E-state index contributed by atoms with van der Waals surface area (Å²) in [7, 11) is 2.24. The maximum absolute atomic E-state index is 12.6. The first-order valence-electron chi connectivity index (χ1n) is 8.39. The fourth-order valence-corrected chi connectivity index (χ4v) is 4.48. The number of rotatable bonds is 3. The van der Waals surface area contributed by atoms with Gasteiger partial charge in [-0.25, -0.2) is 0 Å². The van der Waals surface area contributed by atoms with Crippen molar-refractivity contribution in [1.82, 2.24) is 4.90 Å². The Balaban J connectivity index is 1.98. The summed E-state index contributed by atoms with van der Waals surface area (Å²) in [5.74, 6) is 1.67. The SMILES string of the molecule is CCC(=O)[C@@H]1C2CCC(C[C@H]1c1ccc(C)cc1)N(C)C2. The van der Waals surface area contributed by atoms with Crippen molar-refractivity contribution in [3.8, 4) is 0 Å². The molecular weight excluding hydrogens is 258 g/mol. The van der Waals surface area contributed by atoms with Gasteiger partial charge in [0, 0.05) is 24.9 Å². The van der Waals surface area contributed by atoms with Gasteiger partial charge in [0.2, 0.25) is 0 Å². The van der Waals surface area contributed by atoms with Crippen LogP contribution in [0.25, 0.3) is 0 Å². The lowest BCUT2D eigenvalue weighted by atomic mass is 9.74. The highest BCUT2D eigenvalue weighted by Crippen LogP contribution is 2.45. The summed E-state index contributed by atoms with van der Waals surface area (Å²) in [4.78, 5) is 15.1. The molecule has 0 amide bonds. The molecule has 0 aromatic heterocycles. The summed E-state index contributed by atoms with van der Waals surface area (Å²) in [6.07, 6.45) is 4.31. The number of carbonyl (C=O) groups excluding carboxylic acids is 1. The molecule has 114 valence electrons. The Labute approximate surface area is 128 Å². The van der Waals surface area contributed by atoms with E-state index >= 15 is 0 Å². The molecule has 2 saturated heterocycles. The predicted molar refractivity (Wildman–Crippen MR) is 86.5 cm³/mol. The second kappa shape index (κ2) is 5.92. The summed E-state index contributed by atoms with van der Waals surface area (Å²) in [5, 5.41) is 0. The molecule has 4 rings (SSSR count). The van der Waals surface area contributed by atoms with E-state index in [1.54, 1.807) is 0 Å². The van der Waals surface area contributed by atoms with Crippen LogP contribution in [-0.2, 0) is 4.79 Å². The van der Waals surface area contributed by atoms with Gasteiger partial charge in [-0.05, 0) is 50.6 Å². The Kier molecular flexibility index (Phi) is 4.17. The van der Waals surface area contributed by atoms with Crippen LogP contribution < -0.4 is 0 Å². The summed E-state index contributed by atoms with van der Waals surface area (Å²) in [6, 6.07) is 9.54. The number of hydrogen-bond donors (Lipinski definition) is 0. The van der Waals surface area contributed by atoms with Crippen LogP contribution in [-0.4, -0.2) is 30.3 Å². The van der Waals surface area contributed by atoms with Gasteiger partial charge in [0.15, 0.2) is 0 Å². The fraction of sp³-hybridized carbons (Fsp3) is 0.632. The monoisotopic (exact) mass is 285 g/mol. The van der Waals surface area contributed by atoms with Crippen LogP contribution in [0.3, 0.4) is 0 Å². The van der Waals surface area contributed by atoms with Crippen molar-refractivity contribution in [2.75, 3.05) is 13.6 Å². The van der Waals surface area contributed by atoms with Crippen molar-refractivity contribution in [3.05, 3.63) is 35.4 Å². The van der Waals surface area contributed by atoms with Gasteiger partial charge in [-0.1, -0.05) is 36.8 Å². The molecule has 1 aromatic carbocycles. The molecule has 2 aliphatic heterocycles.